The van der Waals surface area contributed by atoms with Crippen molar-refractivity contribution in [2.75, 3.05) is 26.4 Å². The molecule has 0 atom stereocenters. The van der Waals surface area contributed by atoms with Gasteiger partial charge in [-0.2, -0.15) is 8.42 Å². The first-order chi connectivity index (χ1) is 29.8. The van der Waals surface area contributed by atoms with E-state index in [-0.39, 0.29) is 31.3 Å². The summed E-state index contributed by atoms with van der Waals surface area (Å²) in [5.41, 5.74) is 13.4. The van der Waals surface area contributed by atoms with E-state index < -0.39 is 42.4 Å². The highest BCUT2D eigenvalue weighted by atomic mass is 32.2. The zero-order valence-electron chi connectivity index (χ0n) is 40.9. The quantitative estimate of drug-likeness (QED) is 0.156. The van der Waals surface area contributed by atoms with Crippen molar-refractivity contribution in [3.63, 3.8) is 0 Å². The van der Waals surface area contributed by atoms with Crippen LogP contribution in [0.3, 0.4) is 0 Å². The molecule has 0 heterocycles. The van der Waals surface area contributed by atoms with E-state index in [2.05, 4.69) is 195 Å². The molecule has 0 aromatic heterocycles. The first kappa shape index (κ1) is 65.6. The second kappa shape index (κ2) is 40.8. The van der Waals surface area contributed by atoms with E-state index in [9.17, 15) is 8.42 Å². The summed E-state index contributed by atoms with van der Waals surface area (Å²) < 4.78 is 28.6. The van der Waals surface area contributed by atoms with E-state index in [1.54, 1.807) is 12.1 Å². The summed E-state index contributed by atoms with van der Waals surface area (Å²) in [6.07, 6.45) is 14.4. The van der Waals surface area contributed by atoms with Gasteiger partial charge in [-0.05, 0) is 19.1 Å². The Bertz CT molecular complexity index is 2270. The Morgan fingerprint density at radius 3 is 1.14 bits per heavy atom. The Morgan fingerprint density at radius 2 is 0.812 bits per heavy atom. The molecule has 6 nitrogen and oxygen atoms in total. The maximum atomic E-state index is 11.9. The molecule has 0 bridgehead atoms. The van der Waals surface area contributed by atoms with Crippen molar-refractivity contribution in [1.29, 1.82) is 0 Å². The summed E-state index contributed by atoms with van der Waals surface area (Å²) >= 11 is 0. The highest BCUT2D eigenvalue weighted by molar-refractivity contribution is 7.86. The zero-order chi connectivity index (χ0) is 49.8. The van der Waals surface area contributed by atoms with Crippen LogP contribution in [-0.4, -0.2) is 82.5 Å². The van der Waals surface area contributed by atoms with Crippen LogP contribution in [0.15, 0.2) is 29.2 Å². The molecule has 0 aliphatic heterocycles. The molecule has 11 heteroatoms. The molecule has 0 saturated heterocycles. The van der Waals surface area contributed by atoms with E-state index in [4.69, 9.17) is 32.3 Å². The van der Waals surface area contributed by atoms with Crippen molar-refractivity contribution in [2.45, 2.75) is 142 Å². The molecule has 0 unspecified atom stereocenters. The fourth-order valence-electron chi connectivity index (χ4n) is 2.98. The highest BCUT2D eigenvalue weighted by Crippen LogP contribution is 2.12. The van der Waals surface area contributed by atoms with Crippen LogP contribution < -0.4 is 0 Å². The van der Waals surface area contributed by atoms with Gasteiger partial charge in [0.2, 0.25) is 0 Å². The van der Waals surface area contributed by atoms with Gasteiger partial charge < -0.3 is 15.3 Å². The van der Waals surface area contributed by atoms with Gasteiger partial charge in [0.25, 0.3) is 10.1 Å². The van der Waals surface area contributed by atoms with Crippen molar-refractivity contribution >= 4 is 42.4 Å². The summed E-state index contributed by atoms with van der Waals surface area (Å²) in [5, 5.41) is 25.1. The second-order valence-electron chi connectivity index (χ2n) is 17.1. The molecule has 0 radical (unpaired) electrons. The predicted molar refractivity (Wildman–Crippen MR) is 284 cm³/mol. The first-order valence-corrected chi connectivity index (χ1v) is 36.2. The van der Waals surface area contributed by atoms with E-state index in [0.29, 0.717) is 51.4 Å². The number of aliphatic hydroxyl groups is 3. The van der Waals surface area contributed by atoms with Gasteiger partial charge in [-0.1, -0.05) is 191 Å². The average molecular weight is 950 g/mol. The molecule has 342 valence electrons. The van der Waals surface area contributed by atoms with Gasteiger partial charge in [0.05, 0.1) is 56.6 Å². The monoisotopic (exact) mass is 948 g/mol. The summed E-state index contributed by atoms with van der Waals surface area (Å²) in [4.78, 5) is 0.147. The third-order valence-corrected chi connectivity index (χ3v) is 10.7. The van der Waals surface area contributed by atoms with E-state index >= 15 is 0 Å². The maximum absolute atomic E-state index is 11.9. The van der Waals surface area contributed by atoms with Crippen LogP contribution >= 0.6 is 0 Å². The standard InChI is InChI=1S/C16H20O3SSi.C13H18OSi.C10H10O.C9H14OSi.C5H10Si/c1-15-9-11-16(12-10-15)20(17,18)19-13-7-5-6-8-14-21(2,3)4;1-15(2,3)13-11-9-7-5-4-6-8-10-12-14;1-2-3-4-5-6-7-8-9-10-11;1-11(2,3)9-7-5-4-6-8-10;1-5-6(2,3)4/h9-12H,6,13H2,1-4H3;14H,4,9-10,12H2,1-3H3;1,11H,3,6,9-10H2;10H,5,8H2,1-3H3;1H,2-4H3. The van der Waals surface area contributed by atoms with E-state index in [1.807, 2.05) is 6.92 Å². The third-order valence-electron chi connectivity index (χ3n) is 5.80. The molecule has 0 amide bonds. The zero-order valence-corrected chi connectivity index (χ0v) is 45.7. The molecule has 1 aromatic rings. The van der Waals surface area contributed by atoms with Crippen LogP contribution in [0.4, 0.5) is 0 Å². The van der Waals surface area contributed by atoms with Gasteiger partial charge in [-0.25, -0.2) is 0 Å². The highest BCUT2D eigenvalue weighted by Gasteiger charge is 2.13. The van der Waals surface area contributed by atoms with Crippen LogP contribution in [0, 0.1) is 137 Å². The van der Waals surface area contributed by atoms with Crippen molar-refractivity contribution in [3.8, 4) is 130 Å². The maximum Gasteiger partial charge on any atom is 0.297 e. The van der Waals surface area contributed by atoms with Crippen molar-refractivity contribution in [1.82, 2.24) is 0 Å². The Kier molecular flexibility index (Phi) is 41.8. The average Bonchev–Trinajstić information content (AvgIpc) is 3.19. The van der Waals surface area contributed by atoms with Crippen LogP contribution in [0.2, 0.25) is 78.6 Å². The number of aryl methyl sites for hydroxylation is 1. The molecular formula is C53H72O6SSi4. The van der Waals surface area contributed by atoms with Gasteiger partial charge in [0.1, 0.15) is 45.5 Å². The van der Waals surface area contributed by atoms with Gasteiger partial charge in [0, 0.05) is 12.8 Å². The normalized spacial score (nSPS) is 9.34. The number of aliphatic hydroxyl groups excluding tert-OH is 3. The van der Waals surface area contributed by atoms with Crippen molar-refractivity contribution in [2.24, 2.45) is 0 Å². The lowest BCUT2D eigenvalue weighted by atomic mass is 10.2. The van der Waals surface area contributed by atoms with Crippen LogP contribution in [0.1, 0.15) is 56.9 Å². The number of benzene rings is 1. The molecule has 0 saturated carbocycles. The summed E-state index contributed by atoms with van der Waals surface area (Å²) in [6.45, 7) is 28.1. The molecule has 3 N–H and O–H groups in total. The fraction of sp³-hybridized carbons (Fsp3) is 0.472. The molecule has 0 fully saturated rings. The lowest BCUT2D eigenvalue weighted by Crippen LogP contribution is -2.16. The minimum absolute atomic E-state index is 0.0609. The number of hydrogen-bond acceptors (Lipinski definition) is 6. The van der Waals surface area contributed by atoms with Gasteiger partial charge in [0.15, 0.2) is 0 Å². The lowest BCUT2D eigenvalue weighted by Gasteiger charge is -2.02. The topological polar surface area (TPSA) is 104 Å². The SMILES string of the molecule is C#CCC#CCC#CCCO.C#C[Si](C)(C)C.C[Si](C)(C)C#CCC#CCC#CCCO.C[Si](C)(C)C#CCC#CCO.Cc1ccc(S(=O)(=O)OCC#CCC#C[Si](C)(C)C)cc1. The molecule has 64 heavy (non-hydrogen) atoms. The van der Waals surface area contributed by atoms with Gasteiger partial charge >= 0.3 is 0 Å². The molecule has 1 aromatic carbocycles. The van der Waals surface area contributed by atoms with Crippen molar-refractivity contribution < 1.29 is 27.9 Å². The molecule has 0 aliphatic carbocycles. The Morgan fingerprint density at radius 1 is 0.484 bits per heavy atom. The number of hydrogen-bond donors (Lipinski definition) is 3. The number of rotatable bonds is 5. The largest absolute Gasteiger partial charge is 0.395 e. The van der Waals surface area contributed by atoms with E-state index in [0.717, 1.165) is 5.56 Å². The summed E-state index contributed by atoms with van der Waals surface area (Å²) in [6, 6.07) is 6.51. The minimum Gasteiger partial charge on any atom is -0.395 e. The molecular weight excluding hydrogens is 877 g/mol. The Balaban J connectivity index is -0.000000371. The lowest BCUT2D eigenvalue weighted by molar-refractivity contribution is 0.304. The third kappa shape index (κ3) is 61.3. The van der Waals surface area contributed by atoms with Gasteiger partial charge in [-0.3, -0.25) is 4.18 Å². The first-order valence-electron chi connectivity index (χ1n) is 20.7. The van der Waals surface area contributed by atoms with Crippen LogP contribution in [0.5, 0.6) is 0 Å². The second-order valence-corrected chi connectivity index (χ2v) is 37.7. The number of terminal acetylenes is 2. The Labute approximate surface area is 395 Å². The molecule has 1 rings (SSSR count). The molecule has 0 aliphatic rings. The van der Waals surface area contributed by atoms with Crippen LogP contribution in [0.25, 0.3) is 0 Å². The smallest absolute Gasteiger partial charge is 0.297 e. The van der Waals surface area contributed by atoms with E-state index in [1.165, 1.54) is 12.1 Å². The van der Waals surface area contributed by atoms with Crippen LogP contribution in [-0.2, 0) is 14.3 Å². The predicted octanol–water partition coefficient (Wildman–Crippen LogP) is 8.55. The van der Waals surface area contributed by atoms with Gasteiger partial charge in [-0.15, -0.1) is 35.0 Å². The summed E-state index contributed by atoms with van der Waals surface area (Å²) in [5.74, 6) is 45.0. The Hall–Kier alpha value is -4.96. The fourth-order valence-corrected chi connectivity index (χ4v) is 5.65. The minimum atomic E-state index is -3.72. The summed E-state index contributed by atoms with van der Waals surface area (Å²) in [7, 11) is -8.63. The molecule has 0 spiro atoms. The van der Waals surface area contributed by atoms with Crippen molar-refractivity contribution in [3.05, 3.63) is 29.8 Å².